The standard InChI is InChI=1S/C13H26N2O3/c1-6-10(4)11(12(16)18-5)15-13(17)14-8-7-9(2)3/h9-11H,6-8H2,1-5H3,(H2,14,15,17)/t10-,11-/m0/s1. The molecule has 0 heterocycles. The number of carbonyl (C=O) groups is 2. The average molecular weight is 258 g/mol. The summed E-state index contributed by atoms with van der Waals surface area (Å²) >= 11 is 0. The summed E-state index contributed by atoms with van der Waals surface area (Å²) in [5.41, 5.74) is 0. The summed E-state index contributed by atoms with van der Waals surface area (Å²) in [6.07, 6.45) is 1.71. The molecule has 0 rings (SSSR count). The third kappa shape index (κ3) is 6.47. The Bertz CT molecular complexity index is 267. The van der Waals surface area contributed by atoms with Crippen molar-refractivity contribution in [3.05, 3.63) is 0 Å². The Morgan fingerprint density at radius 2 is 1.83 bits per heavy atom. The Hall–Kier alpha value is -1.26. The molecular formula is C13H26N2O3. The molecule has 0 aromatic rings. The van der Waals surface area contributed by atoms with Gasteiger partial charge in [-0.3, -0.25) is 0 Å². The molecule has 0 saturated carbocycles. The van der Waals surface area contributed by atoms with Crippen LogP contribution in [0.2, 0.25) is 0 Å². The van der Waals surface area contributed by atoms with Crippen LogP contribution in [0.5, 0.6) is 0 Å². The highest BCUT2D eigenvalue weighted by Gasteiger charge is 2.26. The number of rotatable bonds is 7. The van der Waals surface area contributed by atoms with Crippen LogP contribution in [0.1, 0.15) is 40.5 Å². The van der Waals surface area contributed by atoms with Crippen molar-refractivity contribution in [1.82, 2.24) is 10.6 Å². The van der Waals surface area contributed by atoms with Crippen molar-refractivity contribution in [3.63, 3.8) is 0 Å². The van der Waals surface area contributed by atoms with Crippen molar-refractivity contribution < 1.29 is 14.3 Å². The second-order valence-electron chi connectivity index (χ2n) is 4.97. The quantitative estimate of drug-likeness (QED) is 0.686. The van der Waals surface area contributed by atoms with E-state index in [1.165, 1.54) is 7.11 Å². The van der Waals surface area contributed by atoms with Crippen LogP contribution >= 0.6 is 0 Å². The van der Waals surface area contributed by atoms with Gasteiger partial charge >= 0.3 is 12.0 Å². The van der Waals surface area contributed by atoms with Gasteiger partial charge < -0.3 is 15.4 Å². The Kier molecular flexibility index (Phi) is 8.16. The van der Waals surface area contributed by atoms with Gasteiger partial charge in [0.1, 0.15) is 6.04 Å². The maximum absolute atomic E-state index is 11.6. The molecule has 0 aliphatic rings. The highest BCUT2D eigenvalue weighted by molar-refractivity contribution is 5.83. The minimum atomic E-state index is -0.584. The number of carbonyl (C=O) groups excluding carboxylic acids is 2. The molecule has 0 unspecified atom stereocenters. The lowest BCUT2D eigenvalue weighted by Gasteiger charge is -2.22. The third-order valence-electron chi connectivity index (χ3n) is 2.96. The predicted molar refractivity (Wildman–Crippen MR) is 71.2 cm³/mol. The summed E-state index contributed by atoms with van der Waals surface area (Å²) < 4.78 is 4.70. The van der Waals surface area contributed by atoms with Gasteiger partial charge in [0, 0.05) is 6.54 Å². The Balaban J connectivity index is 4.23. The van der Waals surface area contributed by atoms with E-state index in [1.54, 1.807) is 0 Å². The second kappa shape index (κ2) is 8.78. The van der Waals surface area contributed by atoms with E-state index in [2.05, 4.69) is 24.5 Å². The van der Waals surface area contributed by atoms with Gasteiger partial charge in [-0.15, -0.1) is 0 Å². The van der Waals surface area contributed by atoms with E-state index in [0.717, 1.165) is 12.8 Å². The van der Waals surface area contributed by atoms with Crippen molar-refractivity contribution in [2.45, 2.75) is 46.6 Å². The van der Waals surface area contributed by atoms with Crippen LogP contribution in [0.25, 0.3) is 0 Å². The lowest BCUT2D eigenvalue weighted by molar-refractivity contribution is -0.144. The van der Waals surface area contributed by atoms with E-state index in [1.807, 2.05) is 13.8 Å². The van der Waals surface area contributed by atoms with Gasteiger partial charge in [-0.05, 0) is 18.3 Å². The maximum Gasteiger partial charge on any atom is 0.328 e. The largest absolute Gasteiger partial charge is 0.467 e. The van der Waals surface area contributed by atoms with Crippen LogP contribution in [-0.4, -0.2) is 31.7 Å². The van der Waals surface area contributed by atoms with E-state index in [4.69, 9.17) is 4.74 Å². The number of nitrogens with one attached hydrogen (secondary N) is 2. The fourth-order valence-corrected chi connectivity index (χ4v) is 1.46. The monoisotopic (exact) mass is 258 g/mol. The molecule has 0 aliphatic carbocycles. The van der Waals surface area contributed by atoms with Gasteiger partial charge in [0.15, 0.2) is 0 Å². The highest BCUT2D eigenvalue weighted by Crippen LogP contribution is 2.09. The van der Waals surface area contributed by atoms with Gasteiger partial charge in [0.2, 0.25) is 0 Å². The number of amides is 2. The molecular weight excluding hydrogens is 232 g/mol. The second-order valence-corrected chi connectivity index (χ2v) is 4.97. The number of urea groups is 1. The van der Waals surface area contributed by atoms with Crippen LogP contribution in [-0.2, 0) is 9.53 Å². The van der Waals surface area contributed by atoms with Crippen LogP contribution in [0.3, 0.4) is 0 Å². The van der Waals surface area contributed by atoms with Crippen molar-refractivity contribution in [3.8, 4) is 0 Å². The first kappa shape index (κ1) is 16.7. The predicted octanol–water partition coefficient (Wildman–Crippen LogP) is 1.92. The lowest BCUT2D eigenvalue weighted by Crippen LogP contribution is -2.49. The minimum Gasteiger partial charge on any atom is -0.467 e. The molecule has 0 aliphatic heterocycles. The summed E-state index contributed by atoms with van der Waals surface area (Å²) in [7, 11) is 1.33. The number of methoxy groups -OCH3 is 1. The molecule has 0 saturated heterocycles. The average Bonchev–Trinajstić information content (AvgIpc) is 2.33. The Labute approximate surface area is 110 Å². The van der Waals surface area contributed by atoms with E-state index in [9.17, 15) is 9.59 Å². The molecule has 2 N–H and O–H groups in total. The normalized spacial score (nSPS) is 13.9. The van der Waals surface area contributed by atoms with Crippen molar-refractivity contribution in [2.75, 3.05) is 13.7 Å². The highest BCUT2D eigenvalue weighted by atomic mass is 16.5. The fourth-order valence-electron chi connectivity index (χ4n) is 1.46. The van der Waals surface area contributed by atoms with Gasteiger partial charge in [0.25, 0.3) is 0 Å². The van der Waals surface area contributed by atoms with Crippen LogP contribution in [0.15, 0.2) is 0 Å². The van der Waals surface area contributed by atoms with Crippen LogP contribution < -0.4 is 10.6 Å². The minimum absolute atomic E-state index is 0.0494. The van der Waals surface area contributed by atoms with E-state index in [0.29, 0.717) is 12.5 Å². The topological polar surface area (TPSA) is 67.4 Å². The third-order valence-corrected chi connectivity index (χ3v) is 2.96. The Morgan fingerprint density at radius 1 is 1.22 bits per heavy atom. The zero-order valence-electron chi connectivity index (χ0n) is 12.1. The van der Waals surface area contributed by atoms with Gasteiger partial charge in [-0.25, -0.2) is 9.59 Å². The van der Waals surface area contributed by atoms with Gasteiger partial charge in [0.05, 0.1) is 7.11 Å². The summed E-state index contributed by atoms with van der Waals surface area (Å²) in [5.74, 6) is 0.188. The molecule has 2 amide bonds. The number of hydrogen-bond acceptors (Lipinski definition) is 3. The van der Waals surface area contributed by atoms with Gasteiger partial charge in [-0.2, -0.15) is 0 Å². The van der Waals surface area contributed by atoms with E-state index < -0.39 is 12.0 Å². The summed E-state index contributed by atoms with van der Waals surface area (Å²) in [4.78, 5) is 23.2. The smallest absolute Gasteiger partial charge is 0.328 e. The SMILES string of the molecule is CC[C@H](C)[C@H](NC(=O)NCCC(C)C)C(=O)OC. The summed E-state index contributed by atoms with van der Waals surface area (Å²) in [6, 6.07) is -0.898. The summed E-state index contributed by atoms with van der Waals surface area (Å²) in [5, 5.41) is 5.41. The maximum atomic E-state index is 11.6. The zero-order valence-corrected chi connectivity index (χ0v) is 12.1. The molecule has 0 aromatic carbocycles. The molecule has 0 radical (unpaired) electrons. The molecule has 0 spiro atoms. The molecule has 106 valence electrons. The number of ether oxygens (including phenoxy) is 1. The molecule has 0 bridgehead atoms. The van der Waals surface area contributed by atoms with E-state index in [-0.39, 0.29) is 11.9 Å². The molecule has 18 heavy (non-hydrogen) atoms. The molecule has 5 nitrogen and oxygen atoms in total. The summed E-state index contributed by atoms with van der Waals surface area (Å²) in [6.45, 7) is 8.68. The molecule has 0 fully saturated rings. The first-order valence-corrected chi connectivity index (χ1v) is 6.54. The lowest BCUT2D eigenvalue weighted by atomic mass is 9.99. The van der Waals surface area contributed by atoms with Crippen molar-refractivity contribution >= 4 is 12.0 Å². The first-order chi connectivity index (χ1) is 8.42. The molecule has 0 aromatic heterocycles. The van der Waals surface area contributed by atoms with Crippen LogP contribution in [0.4, 0.5) is 4.79 Å². The zero-order chi connectivity index (χ0) is 14.1. The first-order valence-electron chi connectivity index (χ1n) is 6.54. The van der Waals surface area contributed by atoms with Crippen LogP contribution in [0, 0.1) is 11.8 Å². The van der Waals surface area contributed by atoms with Crippen molar-refractivity contribution in [1.29, 1.82) is 0 Å². The van der Waals surface area contributed by atoms with Crippen molar-refractivity contribution in [2.24, 2.45) is 11.8 Å². The van der Waals surface area contributed by atoms with Gasteiger partial charge in [-0.1, -0.05) is 34.1 Å². The van der Waals surface area contributed by atoms with E-state index >= 15 is 0 Å². The fraction of sp³-hybridized carbons (Fsp3) is 0.846. The molecule has 5 heteroatoms. The number of hydrogen-bond donors (Lipinski definition) is 2. The molecule has 2 atom stereocenters. The number of esters is 1. The Morgan fingerprint density at radius 3 is 2.28 bits per heavy atom.